The maximum Gasteiger partial charge on any atom is 0.264 e. The molecule has 1 amide bonds. The molecule has 2 atom stereocenters. The lowest BCUT2D eigenvalue weighted by Crippen LogP contribution is -2.35. The molecule has 7 nitrogen and oxygen atoms in total. The van der Waals surface area contributed by atoms with Gasteiger partial charge in [-0.05, 0) is 61.4 Å². The third-order valence-electron chi connectivity index (χ3n) is 5.40. The molecule has 2 unspecified atom stereocenters. The van der Waals surface area contributed by atoms with Crippen molar-refractivity contribution in [1.82, 2.24) is 10.0 Å². The zero-order valence-corrected chi connectivity index (χ0v) is 21.2. The number of carbonyl (C=O) groups is 1. The first-order valence-corrected chi connectivity index (χ1v) is 13.1. The number of benzene rings is 3. The number of amides is 1. The highest BCUT2D eigenvalue weighted by atomic mass is 35.5. The molecule has 0 aliphatic rings. The summed E-state index contributed by atoms with van der Waals surface area (Å²) in [5.74, 6) is -0.595. The van der Waals surface area contributed by atoms with Gasteiger partial charge in [0.05, 0.1) is 17.4 Å². The summed E-state index contributed by atoms with van der Waals surface area (Å²) in [7, 11) is -3.90. The molecular formula is C26H30ClN3O4S. The Hall–Kier alpha value is -2.91. The average molecular weight is 516 g/mol. The number of hydrogen-bond donors (Lipinski definition) is 4. The Bertz CT molecular complexity index is 1230. The number of nitrogens with one attached hydrogen (secondary N) is 3. The van der Waals surface area contributed by atoms with Crippen molar-refractivity contribution in [3.05, 3.63) is 94.5 Å². The second kappa shape index (κ2) is 12.2. The SMILES string of the molecule is Cc1ccc(S(=O)(=O)NC(=O)Cc2ccc(NCC(C)NCC(O)c3cccc(Cl)c3)cc2)cc1. The smallest absolute Gasteiger partial charge is 0.264 e. The Morgan fingerprint density at radius 3 is 2.34 bits per heavy atom. The van der Waals surface area contributed by atoms with Gasteiger partial charge in [-0.25, -0.2) is 13.1 Å². The summed E-state index contributed by atoms with van der Waals surface area (Å²) in [6.07, 6.45) is -0.707. The van der Waals surface area contributed by atoms with E-state index in [1.54, 1.807) is 36.4 Å². The second-order valence-corrected chi connectivity index (χ2v) is 10.6. The Morgan fingerprint density at radius 1 is 1.00 bits per heavy atom. The fourth-order valence-electron chi connectivity index (χ4n) is 3.38. The number of rotatable bonds is 11. The average Bonchev–Trinajstić information content (AvgIpc) is 2.82. The van der Waals surface area contributed by atoms with Crippen LogP contribution in [0, 0.1) is 6.92 Å². The number of sulfonamides is 1. The minimum absolute atomic E-state index is 0.0509. The number of hydrogen-bond acceptors (Lipinski definition) is 6. The maximum absolute atomic E-state index is 12.4. The van der Waals surface area contributed by atoms with E-state index in [0.717, 1.165) is 16.8 Å². The van der Waals surface area contributed by atoms with Crippen LogP contribution in [-0.2, 0) is 21.2 Å². The highest BCUT2D eigenvalue weighted by Gasteiger charge is 2.17. The highest BCUT2D eigenvalue weighted by Crippen LogP contribution is 2.17. The molecule has 4 N–H and O–H groups in total. The number of aliphatic hydroxyl groups excluding tert-OH is 1. The first-order valence-electron chi connectivity index (χ1n) is 11.2. The molecular weight excluding hydrogens is 486 g/mol. The lowest BCUT2D eigenvalue weighted by molar-refractivity contribution is -0.118. The number of carbonyl (C=O) groups excluding carboxylic acids is 1. The summed E-state index contributed by atoms with van der Waals surface area (Å²) in [6.45, 7) is 4.88. The number of aliphatic hydroxyl groups is 1. The van der Waals surface area contributed by atoms with Crippen LogP contribution in [0.4, 0.5) is 5.69 Å². The Kier molecular flexibility index (Phi) is 9.28. The minimum atomic E-state index is -3.90. The Morgan fingerprint density at radius 2 is 1.69 bits per heavy atom. The van der Waals surface area contributed by atoms with Gasteiger partial charge in [-0.15, -0.1) is 0 Å². The van der Waals surface area contributed by atoms with Crippen LogP contribution in [-0.4, -0.2) is 38.6 Å². The van der Waals surface area contributed by atoms with Gasteiger partial charge in [0, 0.05) is 29.8 Å². The van der Waals surface area contributed by atoms with Crippen molar-refractivity contribution in [2.45, 2.75) is 37.3 Å². The van der Waals surface area contributed by atoms with Crippen LogP contribution < -0.4 is 15.4 Å². The molecule has 9 heteroatoms. The monoisotopic (exact) mass is 515 g/mol. The van der Waals surface area contributed by atoms with Crippen molar-refractivity contribution in [1.29, 1.82) is 0 Å². The fraction of sp³-hybridized carbons (Fsp3) is 0.269. The van der Waals surface area contributed by atoms with Crippen molar-refractivity contribution in [2.75, 3.05) is 18.4 Å². The number of aryl methyl sites for hydroxylation is 1. The van der Waals surface area contributed by atoms with E-state index in [0.29, 0.717) is 23.7 Å². The Labute approximate surface area is 211 Å². The predicted molar refractivity (Wildman–Crippen MR) is 139 cm³/mol. The third kappa shape index (κ3) is 8.36. The van der Waals surface area contributed by atoms with Gasteiger partial charge < -0.3 is 15.7 Å². The van der Waals surface area contributed by atoms with Gasteiger partial charge in [-0.3, -0.25) is 4.79 Å². The summed E-state index contributed by atoms with van der Waals surface area (Å²) < 4.78 is 26.9. The third-order valence-corrected chi connectivity index (χ3v) is 7.03. The molecule has 0 radical (unpaired) electrons. The van der Waals surface area contributed by atoms with Crippen molar-refractivity contribution in [3.8, 4) is 0 Å². The summed E-state index contributed by atoms with van der Waals surface area (Å²) in [6, 6.07) is 20.8. The molecule has 0 spiro atoms. The van der Waals surface area contributed by atoms with E-state index < -0.39 is 22.0 Å². The van der Waals surface area contributed by atoms with Crippen LogP contribution in [0.5, 0.6) is 0 Å². The molecule has 0 saturated carbocycles. The van der Waals surface area contributed by atoms with Crippen LogP contribution in [0.15, 0.2) is 77.7 Å². The molecule has 0 heterocycles. The van der Waals surface area contributed by atoms with Gasteiger partial charge >= 0.3 is 0 Å². The predicted octanol–water partition coefficient (Wildman–Crippen LogP) is 3.82. The lowest BCUT2D eigenvalue weighted by Gasteiger charge is -2.18. The molecule has 0 bridgehead atoms. The van der Waals surface area contributed by atoms with Crippen molar-refractivity contribution < 1.29 is 18.3 Å². The van der Waals surface area contributed by atoms with Crippen molar-refractivity contribution >= 4 is 33.2 Å². The van der Waals surface area contributed by atoms with Crippen LogP contribution in [0.3, 0.4) is 0 Å². The molecule has 0 saturated heterocycles. The van der Waals surface area contributed by atoms with E-state index in [9.17, 15) is 18.3 Å². The first-order chi connectivity index (χ1) is 16.6. The quantitative estimate of drug-likeness (QED) is 0.309. The molecule has 186 valence electrons. The molecule has 0 aromatic heterocycles. The van der Waals surface area contributed by atoms with Crippen LogP contribution in [0.25, 0.3) is 0 Å². The number of anilines is 1. The van der Waals surface area contributed by atoms with Gasteiger partial charge in [-0.1, -0.05) is 53.6 Å². The van der Waals surface area contributed by atoms with E-state index in [1.165, 1.54) is 12.1 Å². The molecule has 3 aromatic rings. The molecule has 0 aliphatic heterocycles. The fourth-order valence-corrected chi connectivity index (χ4v) is 4.56. The molecule has 35 heavy (non-hydrogen) atoms. The normalized spacial score (nSPS) is 13.1. The van der Waals surface area contributed by atoms with Crippen molar-refractivity contribution in [3.63, 3.8) is 0 Å². The van der Waals surface area contributed by atoms with E-state index in [2.05, 4.69) is 15.4 Å². The Balaban J connectivity index is 1.43. The topological polar surface area (TPSA) is 108 Å². The van der Waals surface area contributed by atoms with E-state index in [-0.39, 0.29) is 17.4 Å². The van der Waals surface area contributed by atoms with Crippen LogP contribution in [0.2, 0.25) is 5.02 Å². The minimum Gasteiger partial charge on any atom is -0.387 e. The molecule has 0 aliphatic carbocycles. The summed E-state index contributed by atoms with van der Waals surface area (Å²) in [5, 5.41) is 17.5. The van der Waals surface area contributed by atoms with Gasteiger partial charge in [0.1, 0.15) is 0 Å². The summed E-state index contributed by atoms with van der Waals surface area (Å²) in [5.41, 5.74) is 3.26. The summed E-state index contributed by atoms with van der Waals surface area (Å²) >= 11 is 5.98. The standard InChI is InChI=1S/C26H30ClN3O4S/c1-18-6-12-24(13-7-18)35(33,34)30-26(32)14-20-8-10-23(11-9-20)29-16-19(2)28-17-25(31)21-4-3-5-22(27)15-21/h3-13,15,19,25,28-29,31H,14,16-17H2,1-2H3,(H,30,32). The zero-order chi connectivity index (χ0) is 25.4. The molecule has 0 fully saturated rings. The van der Waals surface area contributed by atoms with Gasteiger partial charge in [-0.2, -0.15) is 0 Å². The van der Waals surface area contributed by atoms with Gasteiger partial charge in [0.25, 0.3) is 10.0 Å². The number of halogens is 1. The highest BCUT2D eigenvalue weighted by molar-refractivity contribution is 7.90. The lowest BCUT2D eigenvalue weighted by atomic mass is 10.1. The van der Waals surface area contributed by atoms with E-state index >= 15 is 0 Å². The van der Waals surface area contributed by atoms with Crippen molar-refractivity contribution in [2.24, 2.45) is 0 Å². The largest absolute Gasteiger partial charge is 0.387 e. The summed E-state index contributed by atoms with van der Waals surface area (Å²) in [4.78, 5) is 12.3. The molecule has 3 rings (SSSR count). The van der Waals surface area contributed by atoms with E-state index in [4.69, 9.17) is 11.6 Å². The van der Waals surface area contributed by atoms with E-state index in [1.807, 2.05) is 38.1 Å². The van der Waals surface area contributed by atoms with Gasteiger partial charge in [0.2, 0.25) is 5.91 Å². The van der Waals surface area contributed by atoms with Crippen LogP contribution in [0.1, 0.15) is 29.7 Å². The first kappa shape index (κ1) is 26.7. The van der Waals surface area contributed by atoms with Crippen LogP contribution >= 0.6 is 11.6 Å². The molecule has 3 aromatic carbocycles. The zero-order valence-electron chi connectivity index (χ0n) is 19.7. The second-order valence-electron chi connectivity index (χ2n) is 8.48. The van der Waals surface area contributed by atoms with Gasteiger partial charge in [0.15, 0.2) is 0 Å². The maximum atomic E-state index is 12.4.